The van der Waals surface area contributed by atoms with Gasteiger partial charge in [0.1, 0.15) is 0 Å². The van der Waals surface area contributed by atoms with Crippen LogP contribution in [0.4, 0.5) is 0 Å². The van der Waals surface area contributed by atoms with Crippen LogP contribution in [-0.2, 0) is 9.53 Å². The third-order valence-corrected chi connectivity index (χ3v) is 2.76. The van der Waals surface area contributed by atoms with Crippen molar-refractivity contribution < 1.29 is 14.6 Å². The molecule has 2 aromatic carbocycles. The predicted octanol–water partition coefficient (Wildman–Crippen LogP) is 2.56. The van der Waals surface area contributed by atoms with Gasteiger partial charge in [0, 0.05) is 0 Å². The van der Waals surface area contributed by atoms with Crippen LogP contribution in [0.25, 0.3) is 11.1 Å². The summed E-state index contributed by atoms with van der Waals surface area (Å²) >= 11 is 0. The largest absolute Gasteiger partial charge is 0.467 e. The van der Waals surface area contributed by atoms with Crippen LogP contribution in [0.15, 0.2) is 54.6 Å². The molecule has 0 radical (unpaired) electrons. The fraction of sp³-hybridized carbons (Fsp3) is 0.133. The molecular weight excluding hydrogens is 228 g/mol. The van der Waals surface area contributed by atoms with Gasteiger partial charge in [-0.05, 0) is 16.7 Å². The molecule has 0 aliphatic rings. The quantitative estimate of drug-likeness (QED) is 0.841. The Labute approximate surface area is 106 Å². The van der Waals surface area contributed by atoms with Crippen molar-refractivity contribution in [1.82, 2.24) is 0 Å². The summed E-state index contributed by atoms with van der Waals surface area (Å²) in [5.41, 5.74) is 2.66. The second-order valence-electron chi connectivity index (χ2n) is 3.91. The van der Waals surface area contributed by atoms with Gasteiger partial charge in [0.25, 0.3) is 0 Å². The van der Waals surface area contributed by atoms with Gasteiger partial charge in [-0.1, -0.05) is 54.6 Å². The maximum Gasteiger partial charge on any atom is 0.339 e. The van der Waals surface area contributed by atoms with E-state index in [2.05, 4.69) is 4.74 Å². The first-order valence-corrected chi connectivity index (χ1v) is 5.63. The summed E-state index contributed by atoms with van der Waals surface area (Å²) in [7, 11) is 1.25. The van der Waals surface area contributed by atoms with Crippen LogP contribution in [0.2, 0.25) is 0 Å². The van der Waals surface area contributed by atoms with Crippen LogP contribution >= 0.6 is 0 Å². The fourth-order valence-electron chi connectivity index (χ4n) is 1.74. The summed E-state index contributed by atoms with van der Waals surface area (Å²) in [4.78, 5) is 11.2. The third kappa shape index (κ3) is 2.57. The molecule has 0 fully saturated rings. The molecule has 0 aromatic heterocycles. The number of carbonyl (C=O) groups excluding carboxylic acids is 1. The first-order valence-electron chi connectivity index (χ1n) is 5.63. The Morgan fingerprint density at radius 2 is 1.56 bits per heavy atom. The average molecular weight is 242 g/mol. The van der Waals surface area contributed by atoms with Gasteiger partial charge >= 0.3 is 5.97 Å². The summed E-state index contributed by atoms with van der Waals surface area (Å²) in [6.45, 7) is 0. The number of rotatable bonds is 3. The number of ether oxygens (including phenoxy) is 1. The Morgan fingerprint density at radius 3 is 2.11 bits per heavy atom. The zero-order chi connectivity index (χ0) is 13.0. The summed E-state index contributed by atoms with van der Waals surface area (Å²) in [5, 5.41) is 9.68. The first kappa shape index (κ1) is 12.3. The number of methoxy groups -OCH3 is 1. The van der Waals surface area contributed by atoms with E-state index in [1.54, 1.807) is 12.1 Å². The second kappa shape index (κ2) is 5.47. The molecule has 0 unspecified atom stereocenters. The molecule has 1 atom stereocenters. The van der Waals surface area contributed by atoms with Gasteiger partial charge in [0.2, 0.25) is 0 Å². The van der Waals surface area contributed by atoms with Crippen molar-refractivity contribution in [3.8, 4) is 11.1 Å². The zero-order valence-electron chi connectivity index (χ0n) is 10.0. The van der Waals surface area contributed by atoms with Crippen molar-refractivity contribution in [1.29, 1.82) is 0 Å². The maximum atomic E-state index is 11.2. The molecule has 18 heavy (non-hydrogen) atoms. The van der Waals surface area contributed by atoms with Gasteiger partial charge in [-0.2, -0.15) is 0 Å². The summed E-state index contributed by atoms with van der Waals surface area (Å²) in [6, 6.07) is 17.1. The normalized spacial score (nSPS) is 11.9. The molecule has 0 saturated heterocycles. The third-order valence-electron chi connectivity index (χ3n) is 2.76. The molecule has 0 bridgehead atoms. The number of aliphatic hydroxyl groups is 1. The smallest absolute Gasteiger partial charge is 0.339 e. The monoisotopic (exact) mass is 242 g/mol. The molecule has 3 heteroatoms. The highest BCUT2D eigenvalue weighted by Crippen LogP contribution is 2.22. The lowest BCUT2D eigenvalue weighted by Gasteiger charge is -2.09. The number of aliphatic hydroxyl groups excluding tert-OH is 1. The van der Waals surface area contributed by atoms with E-state index in [4.69, 9.17) is 0 Å². The molecule has 0 saturated carbocycles. The maximum absolute atomic E-state index is 11.2. The van der Waals surface area contributed by atoms with Crippen molar-refractivity contribution >= 4 is 5.97 Å². The Balaban J connectivity index is 2.23. The highest BCUT2D eigenvalue weighted by molar-refractivity contribution is 5.76. The number of esters is 1. The molecule has 0 aliphatic heterocycles. The van der Waals surface area contributed by atoms with Gasteiger partial charge in [-0.25, -0.2) is 4.79 Å². The SMILES string of the molecule is COC(=O)[C@H](O)c1ccc(-c2ccccc2)cc1. The number of benzene rings is 2. The van der Waals surface area contributed by atoms with E-state index in [1.165, 1.54) is 7.11 Å². The Bertz CT molecular complexity index is 517. The lowest BCUT2D eigenvalue weighted by molar-refractivity contribution is -0.150. The van der Waals surface area contributed by atoms with Gasteiger partial charge in [-0.15, -0.1) is 0 Å². The number of carbonyl (C=O) groups is 1. The second-order valence-corrected chi connectivity index (χ2v) is 3.91. The van der Waals surface area contributed by atoms with E-state index in [0.717, 1.165) is 11.1 Å². The highest BCUT2D eigenvalue weighted by atomic mass is 16.5. The summed E-state index contributed by atoms with van der Waals surface area (Å²) < 4.78 is 4.49. The molecule has 92 valence electrons. The number of hydrogen-bond donors (Lipinski definition) is 1. The van der Waals surface area contributed by atoms with Crippen LogP contribution in [0.3, 0.4) is 0 Å². The Hall–Kier alpha value is -2.13. The molecule has 0 heterocycles. The van der Waals surface area contributed by atoms with Crippen LogP contribution in [0.1, 0.15) is 11.7 Å². The Morgan fingerprint density at radius 1 is 1.00 bits per heavy atom. The van der Waals surface area contributed by atoms with Crippen molar-refractivity contribution in [2.45, 2.75) is 6.10 Å². The van der Waals surface area contributed by atoms with E-state index in [-0.39, 0.29) is 0 Å². The minimum Gasteiger partial charge on any atom is -0.467 e. The summed E-state index contributed by atoms with van der Waals surface area (Å²) in [5.74, 6) is -0.650. The molecular formula is C15H14O3. The molecule has 2 rings (SSSR count). The highest BCUT2D eigenvalue weighted by Gasteiger charge is 2.17. The lowest BCUT2D eigenvalue weighted by Crippen LogP contribution is -2.13. The lowest BCUT2D eigenvalue weighted by atomic mass is 10.0. The standard InChI is InChI=1S/C15H14O3/c1-18-15(17)14(16)13-9-7-12(8-10-13)11-5-3-2-4-6-11/h2-10,14,16H,1H3/t14-/m1/s1. The summed E-state index contributed by atoms with van der Waals surface area (Å²) in [6.07, 6.45) is -1.22. The van der Waals surface area contributed by atoms with Gasteiger partial charge in [0.15, 0.2) is 6.10 Å². The van der Waals surface area contributed by atoms with E-state index in [1.807, 2.05) is 42.5 Å². The molecule has 1 N–H and O–H groups in total. The van der Waals surface area contributed by atoms with Crippen LogP contribution in [0, 0.1) is 0 Å². The fourth-order valence-corrected chi connectivity index (χ4v) is 1.74. The molecule has 0 amide bonds. The van der Waals surface area contributed by atoms with Crippen LogP contribution < -0.4 is 0 Å². The first-order chi connectivity index (χ1) is 8.72. The van der Waals surface area contributed by atoms with Gasteiger partial charge < -0.3 is 9.84 Å². The predicted molar refractivity (Wildman–Crippen MR) is 68.9 cm³/mol. The Kier molecular flexibility index (Phi) is 3.75. The van der Waals surface area contributed by atoms with E-state index >= 15 is 0 Å². The van der Waals surface area contributed by atoms with Crippen LogP contribution in [-0.4, -0.2) is 18.2 Å². The molecule has 3 nitrogen and oxygen atoms in total. The molecule has 0 spiro atoms. The van der Waals surface area contributed by atoms with Gasteiger partial charge in [0.05, 0.1) is 7.11 Å². The average Bonchev–Trinajstić information content (AvgIpc) is 2.47. The minimum atomic E-state index is -1.22. The van der Waals surface area contributed by atoms with Gasteiger partial charge in [-0.3, -0.25) is 0 Å². The molecule has 2 aromatic rings. The van der Waals surface area contributed by atoms with E-state index in [9.17, 15) is 9.90 Å². The van der Waals surface area contributed by atoms with E-state index in [0.29, 0.717) is 5.56 Å². The van der Waals surface area contributed by atoms with E-state index < -0.39 is 12.1 Å². The van der Waals surface area contributed by atoms with Crippen molar-refractivity contribution in [2.75, 3.05) is 7.11 Å². The molecule has 0 aliphatic carbocycles. The van der Waals surface area contributed by atoms with Crippen molar-refractivity contribution in [3.63, 3.8) is 0 Å². The topological polar surface area (TPSA) is 46.5 Å². The van der Waals surface area contributed by atoms with Crippen LogP contribution in [0.5, 0.6) is 0 Å². The minimum absolute atomic E-state index is 0.529. The van der Waals surface area contributed by atoms with Crippen molar-refractivity contribution in [3.05, 3.63) is 60.2 Å². The van der Waals surface area contributed by atoms with Crippen molar-refractivity contribution in [2.24, 2.45) is 0 Å². The number of hydrogen-bond acceptors (Lipinski definition) is 3. The zero-order valence-corrected chi connectivity index (χ0v) is 10.0.